The molecule has 0 unspecified atom stereocenters. The second-order valence-electron chi connectivity index (χ2n) is 2.37. The summed E-state index contributed by atoms with van der Waals surface area (Å²) in [5.74, 6) is 0.272. The van der Waals surface area contributed by atoms with Gasteiger partial charge in [-0.25, -0.2) is 0 Å². The molecule has 12 heavy (non-hydrogen) atoms. The highest BCUT2D eigenvalue weighted by Crippen LogP contribution is 2.14. The van der Waals surface area contributed by atoms with Crippen molar-refractivity contribution in [3.8, 4) is 5.75 Å². The van der Waals surface area contributed by atoms with Gasteiger partial charge in [0.2, 0.25) is 0 Å². The van der Waals surface area contributed by atoms with E-state index in [-0.39, 0.29) is 5.97 Å². The molecule has 64 valence electrons. The summed E-state index contributed by atoms with van der Waals surface area (Å²) >= 11 is 0. The zero-order valence-electron chi connectivity index (χ0n) is 7.13. The van der Waals surface area contributed by atoms with E-state index in [0.717, 1.165) is 5.69 Å². The summed E-state index contributed by atoms with van der Waals surface area (Å²) in [5.41, 5.74) is 0.992. The maximum atomic E-state index is 10.5. The fourth-order valence-electron chi connectivity index (χ4n) is 0.856. The highest BCUT2D eigenvalue weighted by molar-refractivity contribution is 5.69. The summed E-state index contributed by atoms with van der Waals surface area (Å²) in [4.78, 5) is 10.5. The van der Waals surface area contributed by atoms with Crippen molar-refractivity contribution < 1.29 is 9.53 Å². The molecule has 0 aliphatic heterocycles. The molecular weight excluding hydrogens is 154 g/mol. The van der Waals surface area contributed by atoms with Crippen molar-refractivity contribution in [2.24, 2.45) is 0 Å². The monoisotopic (exact) mass is 165 g/mol. The topological polar surface area (TPSA) is 38.3 Å². The van der Waals surface area contributed by atoms with E-state index in [1.54, 1.807) is 12.1 Å². The molecule has 0 saturated heterocycles. The summed E-state index contributed by atoms with van der Waals surface area (Å²) in [6.07, 6.45) is 0. The lowest BCUT2D eigenvalue weighted by atomic mass is 10.3. The van der Waals surface area contributed by atoms with Gasteiger partial charge in [0.15, 0.2) is 0 Å². The number of carbonyl (C=O) groups excluding carboxylic acids is 1. The molecule has 1 rings (SSSR count). The predicted octanol–water partition coefficient (Wildman–Crippen LogP) is 1.65. The first-order valence-corrected chi connectivity index (χ1v) is 3.68. The van der Waals surface area contributed by atoms with Crippen LogP contribution in [0.25, 0.3) is 0 Å². The normalized spacial score (nSPS) is 9.17. The Hall–Kier alpha value is -1.51. The standard InChI is InChI=1S/C9H11NO2/c1-7(11)12-9-5-3-8(10-2)4-6-9/h3-6,10H,1-2H3. The molecule has 0 aliphatic carbocycles. The van der Waals surface area contributed by atoms with Crippen LogP contribution in [0.5, 0.6) is 5.75 Å². The van der Waals surface area contributed by atoms with Gasteiger partial charge in [0.05, 0.1) is 0 Å². The zero-order valence-corrected chi connectivity index (χ0v) is 7.13. The Morgan fingerprint density at radius 1 is 1.33 bits per heavy atom. The van der Waals surface area contributed by atoms with Crippen molar-refractivity contribution in [3.05, 3.63) is 24.3 Å². The van der Waals surface area contributed by atoms with Crippen LogP contribution in [0.4, 0.5) is 5.69 Å². The molecule has 0 heterocycles. The van der Waals surface area contributed by atoms with Crippen molar-refractivity contribution in [3.63, 3.8) is 0 Å². The molecule has 0 amide bonds. The third kappa shape index (κ3) is 2.27. The van der Waals surface area contributed by atoms with E-state index < -0.39 is 0 Å². The van der Waals surface area contributed by atoms with Crippen LogP contribution in [0, 0.1) is 0 Å². The van der Waals surface area contributed by atoms with E-state index in [1.807, 2.05) is 19.2 Å². The molecule has 0 aliphatic rings. The molecule has 0 fully saturated rings. The highest BCUT2D eigenvalue weighted by Gasteiger charge is 1.96. The lowest BCUT2D eigenvalue weighted by Crippen LogP contribution is -2.01. The Bertz CT molecular complexity index is 266. The summed E-state index contributed by atoms with van der Waals surface area (Å²) in [5, 5.41) is 2.97. The maximum absolute atomic E-state index is 10.5. The van der Waals surface area contributed by atoms with Crippen molar-refractivity contribution in [2.45, 2.75) is 6.92 Å². The van der Waals surface area contributed by atoms with Crippen LogP contribution in [0.3, 0.4) is 0 Å². The molecule has 0 bridgehead atoms. The minimum Gasteiger partial charge on any atom is -0.427 e. The van der Waals surface area contributed by atoms with Gasteiger partial charge in [0.1, 0.15) is 5.75 Å². The van der Waals surface area contributed by atoms with Gasteiger partial charge in [-0.3, -0.25) is 4.79 Å². The van der Waals surface area contributed by atoms with Crippen LogP contribution in [0.1, 0.15) is 6.92 Å². The molecule has 0 aromatic heterocycles. The van der Waals surface area contributed by atoms with Crippen molar-refractivity contribution in [1.82, 2.24) is 0 Å². The quantitative estimate of drug-likeness (QED) is 0.535. The van der Waals surface area contributed by atoms with Crippen LogP contribution >= 0.6 is 0 Å². The van der Waals surface area contributed by atoms with Crippen LogP contribution < -0.4 is 10.1 Å². The molecular formula is C9H11NO2. The number of esters is 1. The van der Waals surface area contributed by atoms with Crippen LogP contribution in [0.15, 0.2) is 24.3 Å². The molecule has 0 saturated carbocycles. The Balaban J connectivity index is 2.71. The number of ether oxygens (including phenoxy) is 1. The van der Waals surface area contributed by atoms with E-state index in [1.165, 1.54) is 6.92 Å². The van der Waals surface area contributed by atoms with Gasteiger partial charge in [0.25, 0.3) is 0 Å². The number of anilines is 1. The molecule has 1 aromatic carbocycles. The van der Waals surface area contributed by atoms with E-state index in [0.29, 0.717) is 5.75 Å². The fraction of sp³-hybridized carbons (Fsp3) is 0.222. The Kier molecular flexibility index (Phi) is 2.69. The largest absolute Gasteiger partial charge is 0.427 e. The molecule has 0 atom stereocenters. The number of rotatable bonds is 2. The minimum absolute atomic E-state index is 0.299. The Labute approximate surface area is 71.4 Å². The smallest absolute Gasteiger partial charge is 0.308 e. The van der Waals surface area contributed by atoms with Crippen molar-refractivity contribution >= 4 is 11.7 Å². The lowest BCUT2D eigenvalue weighted by Gasteiger charge is -2.02. The van der Waals surface area contributed by atoms with Crippen LogP contribution in [-0.4, -0.2) is 13.0 Å². The molecule has 0 spiro atoms. The average Bonchev–Trinajstić information content (AvgIpc) is 2.05. The van der Waals surface area contributed by atoms with Crippen LogP contribution in [-0.2, 0) is 4.79 Å². The average molecular weight is 165 g/mol. The summed E-state index contributed by atoms with van der Waals surface area (Å²) in [6, 6.07) is 7.18. The number of hydrogen-bond acceptors (Lipinski definition) is 3. The van der Waals surface area contributed by atoms with E-state index in [9.17, 15) is 4.79 Å². The van der Waals surface area contributed by atoms with E-state index >= 15 is 0 Å². The summed E-state index contributed by atoms with van der Waals surface area (Å²) in [7, 11) is 1.83. The third-order valence-electron chi connectivity index (χ3n) is 1.40. The molecule has 0 radical (unpaired) electrons. The number of carbonyl (C=O) groups is 1. The minimum atomic E-state index is -0.299. The Morgan fingerprint density at radius 3 is 2.33 bits per heavy atom. The second kappa shape index (κ2) is 3.76. The van der Waals surface area contributed by atoms with Crippen molar-refractivity contribution in [1.29, 1.82) is 0 Å². The van der Waals surface area contributed by atoms with Gasteiger partial charge in [0, 0.05) is 19.7 Å². The third-order valence-corrected chi connectivity index (χ3v) is 1.40. The van der Waals surface area contributed by atoms with Gasteiger partial charge in [-0.05, 0) is 24.3 Å². The number of hydrogen-bond donors (Lipinski definition) is 1. The predicted molar refractivity (Wildman–Crippen MR) is 47.3 cm³/mol. The molecule has 1 aromatic rings. The second-order valence-corrected chi connectivity index (χ2v) is 2.37. The van der Waals surface area contributed by atoms with Gasteiger partial charge in [-0.15, -0.1) is 0 Å². The first-order chi connectivity index (χ1) is 5.72. The first kappa shape index (κ1) is 8.59. The SMILES string of the molecule is CNc1ccc(OC(C)=O)cc1. The van der Waals surface area contributed by atoms with E-state index in [4.69, 9.17) is 4.74 Å². The molecule has 3 heteroatoms. The fourth-order valence-corrected chi connectivity index (χ4v) is 0.856. The summed E-state index contributed by atoms with van der Waals surface area (Å²) < 4.78 is 4.85. The zero-order chi connectivity index (χ0) is 8.97. The number of benzene rings is 1. The lowest BCUT2D eigenvalue weighted by molar-refractivity contribution is -0.131. The van der Waals surface area contributed by atoms with Crippen LogP contribution in [0.2, 0.25) is 0 Å². The van der Waals surface area contributed by atoms with Gasteiger partial charge >= 0.3 is 5.97 Å². The highest BCUT2D eigenvalue weighted by atomic mass is 16.5. The molecule has 3 nitrogen and oxygen atoms in total. The van der Waals surface area contributed by atoms with E-state index in [2.05, 4.69) is 5.32 Å². The van der Waals surface area contributed by atoms with Gasteiger partial charge in [-0.1, -0.05) is 0 Å². The molecule has 1 N–H and O–H groups in total. The summed E-state index contributed by atoms with van der Waals surface area (Å²) in [6.45, 7) is 1.38. The first-order valence-electron chi connectivity index (χ1n) is 3.68. The van der Waals surface area contributed by atoms with Gasteiger partial charge < -0.3 is 10.1 Å². The number of nitrogens with one attached hydrogen (secondary N) is 1. The Morgan fingerprint density at radius 2 is 1.92 bits per heavy atom. The van der Waals surface area contributed by atoms with Gasteiger partial charge in [-0.2, -0.15) is 0 Å². The van der Waals surface area contributed by atoms with Crippen molar-refractivity contribution in [2.75, 3.05) is 12.4 Å². The maximum Gasteiger partial charge on any atom is 0.308 e.